The molecule has 0 bridgehead atoms. The molecule has 2 aromatic carbocycles. The fraction of sp³-hybridized carbons (Fsp3) is 0.217. The summed E-state index contributed by atoms with van der Waals surface area (Å²) in [6.07, 6.45) is 6.78. The smallest absolute Gasteiger partial charge is 0.272 e. The highest BCUT2D eigenvalue weighted by Crippen LogP contribution is 2.41. The van der Waals surface area contributed by atoms with E-state index in [0.717, 1.165) is 35.2 Å². The molecule has 0 radical (unpaired) electrons. The van der Waals surface area contributed by atoms with Crippen LogP contribution in [-0.2, 0) is 11.8 Å². The van der Waals surface area contributed by atoms with Crippen molar-refractivity contribution in [2.24, 2.45) is 0 Å². The van der Waals surface area contributed by atoms with Gasteiger partial charge >= 0.3 is 0 Å². The van der Waals surface area contributed by atoms with Crippen molar-refractivity contribution in [3.63, 3.8) is 0 Å². The van der Waals surface area contributed by atoms with E-state index in [2.05, 4.69) is 33.7 Å². The van der Waals surface area contributed by atoms with Gasteiger partial charge in [-0.05, 0) is 36.1 Å². The highest BCUT2D eigenvalue weighted by atomic mass is 19.1. The number of nitrogens with zero attached hydrogens (tertiary/aromatic N) is 1. The topological polar surface area (TPSA) is 57.8 Å². The number of fused-ring (bicyclic) bond motifs is 1. The van der Waals surface area contributed by atoms with E-state index in [9.17, 15) is 9.18 Å². The number of amides is 1. The minimum atomic E-state index is -0.446. The van der Waals surface area contributed by atoms with Crippen LogP contribution in [0.25, 0.3) is 6.08 Å². The van der Waals surface area contributed by atoms with Crippen LogP contribution in [0, 0.1) is 5.82 Å². The van der Waals surface area contributed by atoms with Gasteiger partial charge in [0.1, 0.15) is 5.82 Å². The van der Waals surface area contributed by atoms with E-state index in [1.807, 2.05) is 36.4 Å². The summed E-state index contributed by atoms with van der Waals surface area (Å²) in [5, 5.41) is 10.4. The van der Waals surface area contributed by atoms with Crippen molar-refractivity contribution in [1.82, 2.24) is 15.5 Å². The lowest BCUT2D eigenvalue weighted by atomic mass is 9.68. The number of aromatic amines is 1. The van der Waals surface area contributed by atoms with Gasteiger partial charge in [-0.3, -0.25) is 9.89 Å². The number of hydrogen-bond acceptors (Lipinski definition) is 2. The second kappa shape index (κ2) is 6.44. The van der Waals surface area contributed by atoms with Crippen LogP contribution in [0.2, 0.25) is 0 Å². The number of H-pyrrole nitrogens is 1. The Balaban J connectivity index is 1.58. The van der Waals surface area contributed by atoms with E-state index in [0.29, 0.717) is 12.1 Å². The van der Waals surface area contributed by atoms with Gasteiger partial charge in [0, 0.05) is 29.1 Å². The summed E-state index contributed by atoms with van der Waals surface area (Å²) in [6, 6.07) is 17.1. The average molecular weight is 373 g/mol. The number of benzene rings is 2. The average Bonchev–Trinajstić information content (AvgIpc) is 3.44. The van der Waals surface area contributed by atoms with Crippen molar-refractivity contribution in [3.05, 3.63) is 94.6 Å². The molecule has 5 heteroatoms. The minimum Gasteiger partial charge on any atom is -0.348 e. The number of aromatic nitrogens is 2. The molecule has 1 unspecified atom stereocenters. The first kappa shape index (κ1) is 16.9. The minimum absolute atomic E-state index is 0.126. The zero-order valence-corrected chi connectivity index (χ0v) is 15.3. The van der Waals surface area contributed by atoms with Crippen LogP contribution in [0.4, 0.5) is 4.39 Å². The lowest BCUT2D eigenvalue weighted by Gasteiger charge is -2.34. The van der Waals surface area contributed by atoms with Gasteiger partial charge in [0.25, 0.3) is 5.91 Å². The molecule has 1 atom stereocenters. The number of hydrogen-bond donors (Lipinski definition) is 2. The Bertz CT molecular complexity index is 1050. The molecule has 28 heavy (non-hydrogen) atoms. The van der Waals surface area contributed by atoms with Gasteiger partial charge in [0.05, 0.1) is 0 Å². The summed E-state index contributed by atoms with van der Waals surface area (Å²) in [6.45, 7) is 0. The lowest BCUT2D eigenvalue weighted by molar-refractivity contribution is 0.0946. The van der Waals surface area contributed by atoms with Gasteiger partial charge < -0.3 is 5.32 Å². The third-order valence-electron chi connectivity index (χ3n) is 5.65. The van der Waals surface area contributed by atoms with Gasteiger partial charge in [-0.15, -0.1) is 0 Å². The fourth-order valence-corrected chi connectivity index (χ4v) is 3.97. The number of rotatable bonds is 4. The molecule has 0 spiro atoms. The molecule has 5 rings (SSSR count). The standard InChI is InChI=1S/C23H20FN3O/c24-17-8-6-16(7-9-17)23(15-4-2-1-3-5-15)13-12-19-20(14-23)26-27-21(19)22(28)25-18-10-11-18/h1-9,12-13,18H,10-11,14H2,(H,25,28)(H,26,27). The number of halogens is 1. The highest BCUT2D eigenvalue weighted by Gasteiger charge is 2.37. The van der Waals surface area contributed by atoms with Crippen LogP contribution < -0.4 is 5.32 Å². The van der Waals surface area contributed by atoms with Crippen molar-refractivity contribution < 1.29 is 9.18 Å². The quantitative estimate of drug-likeness (QED) is 0.726. The first-order valence-corrected chi connectivity index (χ1v) is 9.55. The van der Waals surface area contributed by atoms with Crippen LogP contribution in [0.3, 0.4) is 0 Å². The van der Waals surface area contributed by atoms with E-state index in [1.54, 1.807) is 0 Å². The van der Waals surface area contributed by atoms with Gasteiger partial charge in [0.2, 0.25) is 0 Å². The second-order valence-electron chi connectivity index (χ2n) is 7.57. The summed E-state index contributed by atoms with van der Waals surface area (Å²) in [5.41, 5.74) is 3.86. The number of nitrogens with one attached hydrogen (secondary N) is 2. The normalized spacial score (nSPS) is 20.6. The molecule has 0 aliphatic heterocycles. The molecule has 2 aliphatic carbocycles. The van der Waals surface area contributed by atoms with Crippen LogP contribution in [0.1, 0.15) is 45.7 Å². The summed E-state index contributed by atoms with van der Waals surface area (Å²) >= 11 is 0. The fourth-order valence-electron chi connectivity index (χ4n) is 3.97. The zero-order valence-electron chi connectivity index (χ0n) is 15.3. The second-order valence-corrected chi connectivity index (χ2v) is 7.57. The molecule has 3 aromatic rings. The molecular weight excluding hydrogens is 353 g/mol. The SMILES string of the molecule is O=C(NC1CC1)c1n[nH]c2c1C=CC(c1ccccc1)(c1ccc(F)cc1)C2. The molecule has 1 amide bonds. The Morgan fingerprint density at radius 2 is 1.79 bits per heavy atom. The van der Waals surface area contributed by atoms with Gasteiger partial charge in [-0.2, -0.15) is 5.10 Å². The Hall–Kier alpha value is -3.21. The Morgan fingerprint density at radius 1 is 1.07 bits per heavy atom. The molecular formula is C23H20FN3O. The molecule has 1 heterocycles. The zero-order chi connectivity index (χ0) is 19.1. The molecule has 1 aromatic heterocycles. The van der Waals surface area contributed by atoms with E-state index >= 15 is 0 Å². The van der Waals surface area contributed by atoms with Gasteiger partial charge in [-0.1, -0.05) is 54.6 Å². The molecule has 1 fully saturated rings. The molecule has 2 N–H and O–H groups in total. The predicted octanol–water partition coefficient (Wildman–Crippen LogP) is 4.00. The summed E-state index contributed by atoms with van der Waals surface area (Å²) in [4.78, 5) is 12.5. The van der Waals surface area contributed by atoms with E-state index in [-0.39, 0.29) is 17.8 Å². The number of carbonyl (C=O) groups is 1. The summed E-state index contributed by atoms with van der Waals surface area (Å²) in [5.74, 6) is -0.383. The molecule has 0 saturated heterocycles. The third kappa shape index (κ3) is 2.83. The maximum Gasteiger partial charge on any atom is 0.272 e. The van der Waals surface area contributed by atoms with Gasteiger partial charge in [-0.25, -0.2) is 4.39 Å². The van der Waals surface area contributed by atoms with Gasteiger partial charge in [0.15, 0.2) is 5.69 Å². The first-order valence-electron chi connectivity index (χ1n) is 9.55. The monoisotopic (exact) mass is 373 g/mol. The maximum absolute atomic E-state index is 13.5. The Kier molecular flexibility index (Phi) is 3.90. The molecule has 140 valence electrons. The van der Waals surface area contributed by atoms with Crippen LogP contribution >= 0.6 is 0 Å². The molecule has 1 saturated carbocycles. The largest absolute Gasteiger partial charge is 0.348 e. The Labute approximate surface area is 162 Å². The van der Waals surface area contributed by atoms with Crippen molar-refractivity contribution >= 4 is 12.0 Å². The van der Waals surface area contributed by atoms with Crippen molar-refractivity contribution in [1.29, 1.82) is 0 Å². The van der Waals surface area contributed by atoms with Crippen molar-refractivity contribution in [3.8, 4) is 0 Å². The predicted molar refractivity (Wildman–Crippen MR) is 105 cm³/mol. The van der Waals surface area contributed by atoms with E-state index < -0.39 is 5.41 Å². The van der Waals surface area contributed by atoms with Crippen LogP contribution in [0.5, 0.6) is 0 Å². The van der Waals surface area contributed by atoms with Crippen LogP contribution in [0.15, 0.2) is 60.7 Å². The first-order chi connectivity index (χ1) is 13.7. The van der Waals surface area contributed by atoms with Crippen molar-refractivity contribution in [2.75, 3.05) is 0 Å². The number of carbonyl (C=O) groups excluding carboxylic acids is 1. The summed E-state index contributed by atoms with van der Waals surface area (Å²) in [7, 11) is 0. The van der Waals surface area contributed by atoms with Crippen LogP contribution in [-0.4, -0.2) is 22.1 Å². The number of allylic oxidation sites excluding steroid dienone is 1. The van der Waals surface area contributed by atoms with E-state index in [1.165, 1.54) is 12.1 Å². The molecule has 2 aliphatic rings. The Morgan fingerprint density at radius 3 is 2.50 bits per heavy atom. The lowest BCUT2D eigenvalue weighted by Crippen LogP contribution is -2.31. The molecule has 4 nitrogen and oxygen atoms in total. The van der Waals surface area contributed by atoms with Crippen molar-refractivity contribution in [2.45, 2.75) is 30.7 Å². The van der Waals surface area contributed by atoms with E-state index in [4.69, 9.17) is 0 Å². The summed E-state index contributed by atoms with van der Waals surface area (Å²) < 4.78 is 13.5. The third-order valence-corrected chi connectivity index (χ3v) is 5.65. The highest BCUT2D eigenvalue weighted by molar-refractivity contribution is 5.97. The maximum atomic E-state index is 13.5.